The van der Waals surface area contributed by atoms with Crippen LogP contribution in [0.3, 0.4) is 0 Å². The molecule has 0 radical (unpaired) electrons. The summed E-state index contributed by atoms with van der Waals surface area (Å²) >= 11 is 0. The van der Waals surface area contributed by atoms with Crippen molar-refractivity contribution in [2.75, 3.05) is 40.3 Å². The number of rotatable bonds is 3. The van der Waals surface area contributed by atoms with Crippen molar-refractivity contribution >= 4 is 0 Å². The Morgan fingerprint density at radius 2 is 2.15 bits per heavy atom. The maximum atomic E-state index is 5.96. The van der Waals surface area contributed by atoms with Crippen LogP contribution < -0.4 is 5.73 Å². The molecule has 1 aliphatic heterocycles. The molecule has 0 saturated carbocycles. The van der Waals surface area contributed by atoms with E-state index in [-0.39, 0.29) is 0 Å². The van der Waals surface area contributed by atoms with Crippen LogP contribution in [-0.4, -0.2) is 56.1 Å². The SMILES string of the molecule is CC1CN(CCN(C)C)CCC1N. The van der Waals surface area contributed by atoms with Gasteiger partial charge >= 0.3 is 0 Å². The highest BCUT2D eigenvalue weighted by Crippen LogP contribution is 2.14. The first-order valence-corrected chi connectivity index (χ1v) is 5.22. The number of nitrogens with two attached hydrogens (primary N) is 1. The first kappa shape index (κ1) is 11.0. The Morgan fingerprint density at radius 1 is 1.46 bits per heavy atom. The molecule has 1 rings (SSSR count). The van der Waals surface area contributed by atoms with Gasteiger partial charge in [-0.05, 0) is 33.0 Å². The van der Waals surface area contributed by atoms with Crippen LogP contribution in [0.5, 0.6) is 0 Å². The van der Waals surface area contributed by atoms with E-state index < -0.39 is 0 Å². The fraction of sp³-hybridized carbons (Fsp3) is 1.00. The molecular formula is C10H23N3. The first-order valence-electron chi connectivity index (χ1n) is 5.22. The van der Waals surface area contributed by atoms with Gasteiger partial charge in [-0.3, -0.25) is 0 Å². The Kier molecular flexibility index (Phi) is 4.16. The molecule has 0 aliphatic carbocycles. The van der Waals surface area contributed by atoms with Gasteiger partial charge in [0.05, 0.1) is 0 Å². The van der Waals surface area contributed by atoms with Gasteiger partial charge in [0.15, 0.2) is 0 Å². The smallest absolute Gasteiger partial charge is 0.0109 e. The highest BCUT2D eigenvalue weighted by molar-refractivity contribution is 4.80. The van der Waals surface area contributed by atoms with Crippen LogP contribution in [0.2, 0.25) is 0 Å². The lowest BCUT2D eigenvalue weighted by molar-refractivity contribution is 0.153. The minimum absolute atomic E-state index is 0.426. The summed E-state index contributed by atoms with van der Waals surface area (Å²) in [7, 11) is 4.25. The Hall–Kier alpha value is -0.120. The van der Waals surface area contributed by atoms with E-state index >= 15 is 0 Å². The Morgan fingerprint density at radius 3 is 2.69 bits per heavy atom. The van der Waals surface area contributed by atoms with Gasteiger partial charge in [0.25, 0.3) is 0 Å². The number of likely N-dealkylation sites (tertiary alicyclic amines) is 1. The van der Waals surface area contributed by atoms with Crippen LogP contribution in [0.25, 0.3) is 0 Å². The van der Waals surface area contributed by atoms with Crippen molar-refractivity contribution in [2.45, 2.75) is 19.4 Å². The summed E-state index contributed by atoms with van der Waals surface area (Å²) in [6.07, 6.45) is 1.16. The van der Waals surface area contributed by atoms with E-state index in [1.54, 1.807) is 0 Å². The molecule has 0 aromatic carbocycles. The molecule has 0 bridgehead atoms. The van der Waals surface area contributed by atoms with E-state index in [2.05, 4.69) is 30.8 Å². The molecule has 1 aliphatic rings. The molecule has 0 amide bonds. The van der Waals surface area contributed by atoms with Gasteiger partial charge in [-0.1, -0.05) is 6.92 Å². The normalized spacial score (nSPS) is 31.2. The summed E-state index contributed by atoms with van der Waals surface area (Å²) in [6.45, 7) is 6.95. The van der Waals surface area contributed by atoms with Crippen molar-refractivity contribution in [3.63, 3.8) is 0 Å². The van der Waals surface area contributed by atoms with Crippen molar-refractivity contribution in [2.24, 2.45) is 11.7 Å². The summed E-state index contributed by atoms with van der Waals surface area (Å²) in [5.74, 6) is 0.663. The predicted molar refractivity (Wildman–Crippen MR) is 56.8 cm³/mol. The van der Waals surface area contributed by atoms with Gasteiger partial charge in [0, 0.05) is 25.7 Å². The van der Waals surface area contributed by atoms with Crippen LogP contribution in [0.15, 0.2) is 0 Å². The lowest BCUT2D eigenvalue weighted by Gasteiger charge is -2.35. The van der Waals surface area contributed by atoms with E-state index in [0.29, 0.717) is 12.0 Å². The molecule has 13 heavy (non-hydrogen) atoms. The number of likely N-dealkylation sites (N-methyl/N-ethyl adjacent to an activating group) is 1. The largest absolute Gasteiger partial charge is 0.327 e. The van der Waals surface area contributed by atoms with Crippen molar-refractivity contribution in [1.82, 2.24) is 9.80 Å². The topological polar surface area (TPSA) is 32.5 Å². The molecule has 2 unspecified atom stereocenters. The Balaban J connectivity index is 2.21. The van der Waals surface area contributed by atoms with Crippen LogP contribution in [0.1, 0.15) is 13.3 Å². The second-order valence-corrected chi connectivity index (χ2v) is 4.53. The van der Waals surface area contributed by atoms with Gasteiger partial charge in [-0.2, -0.15) is 0 Å². The van der Waals surface area contributed by atoms with E-state index in [4.69, 9.17) is 5.73 Å². The average molecular weight is 185 g/mol. The number of hydrogen-bond donors (Lipinski definition) is 1. The number of piperidine rings is 1. The quantitative estimate of drug-likeness (QED) is 0.682. The first-order chi connectivity index (χ1) is 6.09. The molecule has 1 fully saturated rings. The number of hydrogen-bond acceptors (Lipinski definition) is 3. The van der Waals surface area contributed by atoms with Crippen LogP contribution >= 0.6 is 0 Å². The molecule has 3 nitrogen and oxygen atoms in total. The standard InChI is InChI=1S/C10H23N3/c1-9-8-13(5-4-10(9)11)7-6-12(2)3/h9-10H,4-8,11H2,1-3H3. The second kappa shape index (κ2) is 4.94. The summed E-state index contributed by atoms with van der Waals surface area (Å²) in [6, 6.07) is 0.426. The maximum absolute atomic E-state index is 5.96. The van der Waals surface area contributed by atoms with Crippen molar-refractivity contribution in [3.8, 4) is 0 Å². The summed E-state index contributed by atoms with van der Waals surface area (Å²) in [4.78, 5) is 4.76. The second-order valence-electron chi connectivity index (χ2n) is 4.53. The average Bonchev–Trinajstić information content (AvgIpc) is 2.07. The van der Waals surface area contributed by atoms with Crippen LogP contribution in [0, 0.1) is 5.92 Å². The molecule has 0 aromatic rings. The summed E-state index contributed by atoms with van der Waals surface area (Å²) < 4.78 is 0. The van der Waals surface area contributed by atoms with Gasteiger partial charge in [0.2, 0.25) is 0 Å². The molecule has 3 heteroatoms. The van der Waals surface area contributed by atoms with E-state index in [1.807, 2.05) is 0 Å². The molecule has 2 N–H and O–H groups in total. The fourth-order valence-electron chi connectivity index (χ4n) is 1.79. The molecule has 1 heterocycles. The molecular weight excluding hydrogens is 162 g/mol. The number of nitrogens with zero attached hydrogens (tertiary/aromatic N) is 2. The highest BCUT2D eigenvalue weighted by atomic mass is 15.2. The third-order valence-corrected chi connectivity index (χ3v) is 2.92. The molecule has 0 spiro atoms. The third kappa shape index (κ3) is 3.63. The molecule has 0 aromatic heterocycles. The van der Waals surface area contributed by atoms with E-state index in [9.17, 15) is 0 Å². The van der Waals surface area contributed by atoms with Gasteiger partial charge in [-0.15, -0.1) is 0 Å². The van der Waals surface area contributed by atoms with Crippen LogP contribution in [0.4, 0.5) is 0 Å². The fourth-order valence-corrected chi connectivity index (χ4v) is 1.79. The van der Waals surface area contributed by atoms with Crippen molar-refractivity contribution in [3.05, 3.63) is 0 Å². The van der Waals surface area contributed by atoms with Gasteiger partial charge < -0.3 is 15.5 Å². The van der Waals surface area contributed by atoms with Crippen molar-refractivity contribution < 1.29 is 0 Å². The van der Waals surface area contributed by atoms with E-state index in [1.165, 1.54) is 19.6 Å². The van der Waals surface area contributed by atoms with Crippen molar-refractivity contribution in [1.29, 1.82) is 0 Å². The maximum Gasteiger partial charge on any atom is 0.0109 e. The highest BCUT2D eigenvalue weighted by Gasteiger charge is 2.22. The lowest BCUT2D eigenvalue weighted by atomic mass is 9.95. The van der Waals surface area contributed by atoms with Gasteiger partial charge in [-0.25, -0.2) is 0 Å². The molecule has 1 saturated heterocycles. The summed E-state index contributed by atoms with van der Waals surface area (Å²) in [5.41, 5.74) is 5.96. The zero-order valence-electron chi connectivity index (χ0n) is 9.16. The minimum Gasteiger partial charge on any atom is -0.327 e. The molecule has 78 valence electrons. The van der Waals surface area contributed by atoms with E-state index in [0.717, 1.165) is 13.0 Å². The van der Waals surface area contributed by atoms with Gasteiger partial charge in [0.1, 0.15) is 0 Å². The zero-order chi connectivity index (χ0) is 9.84. The Bertz CT molecular complexity index is 147. The minimum atomic E-state index is 0.426. The lowest BCUT2D eigenvalue weighted by Crippen LogP contribution is -2.47. The molecule has 2 atom stereocenters. The third-order valence-electron chi connectivity index (χ3n) is 2.92. The Labute approximate surface area is 81.9 Å². The van der Waals surface area contributed by atoms with Crippen LogP contribution in [-0.2, 0) is 0 Å². The summed E-state index contributed by atoms with van der Waals surface area (Å²) in [5, 5.41) is 0. The predicted octanol–water partition coefficient (Wildman–Crippen LogP) is 0.217. The monoisotopic (exact) mass is 185 g/mol. The zero-order valence-corrected chi connectivity index (χ0v) is 9.16.